The summed E-state index contributed by atoms with van der Waals surface area (Å²) in [6, 6.07) is 0. The highest BCUT2D eigenvalue weighted by Crippen LogP contribution is 2.37. The first-order valence-corrected chi connectivity index (χ1v) is 10.7. The van der Waals surface area contributed by atoms with Crippen LogP contribution in [0.15, 0.2) is 15.8 Å². The normalized spacial score (nSPS) is 22.5. The van der Waals surface area contributed by atoms with Gasteiger partial charge in [0.2, 0.25) is 5.82 Å². The van der Waals surface area contributed by atoms with E-state index in [1.165, 1.54) is 0 Å². The topological polar surface area (TPSA) is 73.3 Å². The molecule has 2 rings (SSSR count). The fourth-order valence-electron chi connectivity index (χ4n) is 2.21. The lowest BCUT2D eigenvalue weighted by Gasteiger charge is -2.36. The van der Waals surface area contributed by atoms with Crippen molar-refractivity contribution in [3.8, 4) is 0 Å². The van der Waals surface area contributed by atoms with Crippen molar-refractivity contribution in [2.24, 2.45) is 0 Å². The van der Waals surface area contributed by atoms with Crippen LogP contribution < -0.4 is 11.2 Å². The fraction of sp³-hybridized carbons (Fsp3) is 0.733. The third-order valence-electron chi connectivity index (χ3n) is 4.76. The van der Waals surface area contributed by atoms with Crippen molar-refractivity contribution in [1.29, 1.82) is 0 Å². The Morgan fingerprint density at radius 3 is 2.65 bits per heavy atom. The minimum atomic E-state index is -1.86. The van der Waals surface area contributed by atoms with Gasteiger partial charge >= 0.3 is 5.69 Å². The average Bonchev–Trinajstić information content (AvgIpc) is 2.88. The Hall–Kier alpha value is -1.25. The summed E-state index contributed by atoms with van der Waals surface area (Å²) in [4.78, 5) is 24.8. The molecule has 1 aliphatic heterocycles. The van der Waals surface area contributed by atoms with Crippen LogP contribution in [0.25, 0.3) is 0 Å². The van der Waals surface area contributed by atoms with Crippen molar-refractivity contribution in [3.05, 3.63) is 32.9 Å². The summed E-state index contributed by atoms with van der Waals surface area (Å²) in [5.74, 6) is -0.992. The molecule has 1 N–H and O–H groups in total. The number of nitrogens with zero attached hydrogens (tertiary/aromatic N) is 1. The van der Waals surface area contributed by atoms with Gasteiger partial charge in [0.15, 0.2) is 8.32 Å². The average molecular weight is 344 g/mol. The molecule has 1 fully saturated rings. The van der Waals surface area contributed by atoms with E-state index in [0.29, 0.717) is 13.0 Å². The maximum Gasteiger partial charge on any atom is 0.330 e. The molecule has 0 saturated carbocycles. The van der Waals surface area contributed by atoms with Crippen LogP contribution in [-0.4, -0.2) is 30.6 Å². The van der Waals surface area contributed by atoms with Crippen molar-refractivity contribution in [2.75, 3.05) is 6.61 Å². The van der Waals surface area contributed by atoms with Crippen molar-refractivity contribution >= 4 is 8.32 Å². The zero-order valence-corrected chi connectivity index (χ0v) is 15.3. The molecule has 2 atom stereocenters. The summed E-state index contributed by atoms with van der Waals surface area (Å²) in [6.45, 7) is 11.3. The highest BCUT2D eigenvalue weighted by atomic mass is 28.4. The summed E-state index contributed by atoms with van der Waals surface area (Å²) in [6.07, 6.45) is 1.52. The lowest BCUT2D eigenvalue weighted by atomic mass is 10.2. The maximum absolute atomic E-state index is 13.4. The number of aromatic nitrogens is 2. The Morgan fingerprint density at radius 2 is 2.04 bits per heavy atom. The maximum atomic E-state index is 13.4. The molecular formula is C15H25FN2O4Si. The number of halogens is 1. The van der Waals surface area contributed by atoms with Gasteiger partial charge in [0.05, 0.1) is 18.9 Å². The molecule has 1 aliphatic rings. The second-order valence-electron chi connectivity index (χ2n) is 7.50. The van der Waals surface area contributed by atoms with Crippen molar-refractivity contribution < 1.29 is 13.6 Å². The monoisotopic (exact) mass is 344 g/mol. The van der Waals surface area contributed by atoms with E-state index in [9.17, 15) is 14.0 Å². The standard InChI is InChI=1S/C15H25FN2O4Si/c1-15(2,3)23(4,5)21-9-10-6-7-12(22-10)18-8-11(16)13(19)17-14(18)20/h8,10,12H,6-7,9H2,1-5H3,(H,17,19,20)/t10-,12+/m1/s1. The lowest BCUT2D eigenvalue weighted by Crippen LogP contribution is -2.42. The Labute approximate surface area is 135 Å². The van der Waals surface area contributed by atoms with Gasteiger partial charge in [-0.3, -0.25) is 14.3 Å². The van der Waals surface area contributed by atoms with Gasteiger partial charge in [0, 0.05) is 0 Å². The Bertz CT molecular complexity index is 677. The molecule has 8 heteroatoms. The molecular weight excluding hydrogens is 319 g/mol. The van der Waals surface area contributed by atoms with Gasteiger partial charge in [0.25, 0.3) is 5.56 Å². The molecule has 1 aromatic heterocycles. The summed E-state index contributed by atoms with van der Waals surface area (Å²) in [5, 5.41) is 0.115. The second-order valence-corrected chi connectivity index (χ2v) is 12.3. The summed E-state index contributed by atoms with van der Waals surface area (Å²) in [5.41, 5.74) is -1.67. The van der Waals surface area contributed by atoms with E-state index in [4.69, 9.17) is 9.16 Å². The van der Waals surface area contributed by atoms with E-state index in [1.54, 1.807) is 0 Å². The Morgan fingerprint density at radius 1 is 1.39 bits per heavy atom. The molecule has 2 heterocycles. The number of H-pyrrole nitrogens is 1. The Balaban J connectivity index is 2.01. The van der Waals surface area contributed by atoms with Crippen LogP contribution in [0.3, 0.4) is 0 Å². The molecule has 1 saturated heterocycles. The minimum Gasteiger partial charge on any atom is -0.414 e. The molecule has 0 radical (unpaired) electrons. The van der Waals surface area contributed by atoms with Crippen LogP contribution in [0, 0.1) is 5.82 Å². The fourth-order valence-corrected chi connectivity index (χ4v) is 3.24. The van der Waals surface area contributed by atoms with E-state index in [1.807, 2.05) is 4.98 Å². The van der Waals surface area contributed by atoms with Crippen molar-refractivity contribution in [2.45, 2.75) is 64.1 Å². The van der Waals surface area contributed by atoms with Crippen LogP contribution in [-0.2, 0) is 9.16 Å². The van der Waals surface area contributed by atoms with Gasteiger partial charge in [-0.1, -0.05) is 20.8 Å². The SMILES string of the molecule is CC(C)(C)[Si](C)(C)OC[C@H]1CC[C@@H](n2cc(F)c(=O)[nH]c2=O)O1. The summed E-state index contributed by atoms with van der Waals surface area (Å²) < 4.78 is 26.4. The third kappa shape index (κ3) is 3.99. The smallest absolute Gasteiger partial charge is 0.330 e. The quantitative estimate of drug-likeness (QED) is 0.851. The molecule has 6 nitrogen and oxygen atoms in total. The zero-order chi connectivity index (χ0) is 17.4. The molecule has 0 unspecified atom stereocenters. The van der Waals surface area contributed by atoms with E-state index >= 15 is 0 Å². The zero-order valence-electron chi connectivity index (χ0n) is 14.3. The predicted molar refractivity (Wildman–Crippen MR) is 87.6 cm³/mol. The molecule has 0 aromatic carbocycles. The number of hydrogen-bond donors (Lipinski definition) is 1. The minimum absolute atomic E-state index is 0.115. The van der Waals surface area contributed by atoms with Crippen LogP contribution in [0.4, 0.5) is 4.39 Å². The largest absolute Gasteiger partial charge is 0.414 e. The van der Waals surface area contributed by atoms with Gasteiger partial charge in [0.1, 0.15) is 6.23 Å². The summed E-state index contributed by atoms with van der Waals surface area (Å²) in [7, 11) is -1.86. The summed E-state index contributed by atoms with van der Waals surface area (Å²) >= 11 is 0. The number of rotatable bonds is 4. The van der Waals surface area contributed by atoms with Gasteiger partial charge in [-0.15, -0.1) is 0 Å². The Kier molecular flexibility index (Phi) is 4.98. The molecule has 0 spiro atoms. The first kappa shape index (κ1) is 18.1. The number of hydrogen-bond acceptors (Lipinski definition) is 4. The lowest BCUT2D eigenvalue weighted by molar-refractivity contribution is -0.0226. The number of ether oxygens (including phenoxy) is 1. The molecule has 0 amide bonds. The third-order valence-corrected chi connectivity index (χ3v) is 9.26. The van der Waals surface area contributed by atoms with Gasteiger partial charge in [-0.2, -0.15) is 4.39 Å². The highest BCUT2D eigenvalue weighted by molar-refractivity contribution is 6.74. The van der Waals surface area contributed by atoms with E-state index in [-0.39, 0.29) is 11.1 Å². The van der Waals surface area contributed by atoms with E-state index in [2.05, 4.69) is 33.9 Å². The highest BCUT2D eigenvalue weighted by Gasteiger charge is 2.38. The molecule has 23 heavy (non-hydrogen) atoms. The van der Waals surface area contributed by atoms with E-state index < -0.39 is 31.6 Å². The van der Waals surface area contributed by atoms with Crippen molar-refractivity contribution in [3.63, 3.8) is 0 Å². The van der Waals surface area contributed by atoms with Crippen molar-refractivity contribution in [1.82, 2.24) is 9.55 Å². The molecule has 0 aliphatic carbocycles. The predicted octanol–water partition coefficient (Wildman–Crippen LogP) is 2.38. The van der Waals surface area contributed by atoms with Crippen LogP contribution in [0.2, 0.25) is 18.1 Å². The van der Waals surface area contributed by atoms with Gasteiger partial charge in [-0.25, -0.2) is 4.79 Å². The first-order valence-electron chi connectivity index (χ1n) is 7.81. The van der Waals surface area contributed by atoms with E-state index in [0.717, 1.165) is 17.2 Å². The van der Waals surface area contributed by atoms with Crippen LogP contribution in [0.5, 0.6) is 0 Å². The van der Waals surface area contributed by atoms with Crippen LogP contribution >= 0.6 is 0 Å². The number of aromatic amines is 1. The first-order chi connectivity index (χ1) is 10.5. The van der Waals surface area contributed by atoms with Gasteiger partial charge in [-0.05, 0) is 31.0 Å². The molecule has 0 bridgehead atoms. The molecule has 1 aromatic rings. The second kappa shape index (κ2) is 6.33. The van der Waals surface area contributed by atoms with Gasteiger partial charge < -0.3 is 9.16 Å². The number of nitrogens with one attached hydrogen (secondary N) is 1. The van der Waals surface area contributed by atoms with Crippen LogP contribution in [0.1, 0.15) is 39.8 Å². The molecule has 130 valence electrons.